The number of likely N-dealkylation sites (tertiary alicyclic amines) is 1. The van der Waals surface area contributed by atoms with E-state index in [-0.39, 0.29) is 13.0 Å². The Labute approximate surface area is 93.2 Å². The highest BCUT2D eigenvalue weighted by Gasteiger charge is 2.38. The van der Waals surface area contributed by atoms with E-state index < -0.39 is 24.1 Å². The number of carboxylic acids is 1. The Morgan fingerprint density at radius 1 is 1.50 bits per heavy atom. The van der Waals surface area contributed by atoms with Crippen molar-refractivity contribution in [2.75, 3.05) is 19.6 Å². The molecule has 1 fully saturated rings. The van der Waals surface area contributed by atoms with Crippen LogP contribution in [0.3, 0.4) is 0 Å². The molecule has 2 atom stereocenters. The highest BCUT2D eigenvalue weighted by atomic mass is 16.4. The van der Waals surface area contributed by atoms with Crippen molar-refractivity contribution in [2.24, 2.45) is 5.73 Å². The van der Waals surface area contributed by atoms with Crippen molar-refractivity contribution in [1.82, 2.24) is 10.2 Å². The molecule has 0 radical (unpaired) electrons. The van der Waals surface area contributed by atoms with Crippen molar-refractivity contribution in [3.05, 3.63) is 0 Å². The molecule has 1 rings (SSSR count). The second kappa shape index (κ2) is 5.66. The molecule has 92 valence electrons. The van der Waals surface area contributed by atoms with E-state index in [1.54, 1.807) is 0 Å². The molecule has 2 amide bonds. The van der Waals surface area contributed by atoms with E-state index in [9.17, 15) is 14.7 Å². The van der Waals surface area contributed by atoms with Gasteiger partial charge in [-0.25, -0.2) is 9.59 Å². The molecule has 0 saturated carbocycles. The Balaban J connectivity index is 2.50. The fourth-order valence-corrected chi connectivity index (χ4v) is 1.67. The van der Waals surface area contributed by atoms with Gasteiger partial charge in [0.05, 0.1) is 6.10 Å². The number of aliphatic carboxylic acids is 1. The Morgan fingerprint density at radius 2 is 2.19 bits per heavy atom. The summed E-state index contributed by atoms with van der Waals surface area (Å²) in [6.45, 7) is 0.935. The van der Waals surface area contributed by atoms with Crippen LogP contribution in [-0.2, 0) is 4.79 Å². The van der Waals surface area contributed by atoms with Crippen LogP contribution in [0.2, 0.25) is 0 Å². The molecule has 0 aliphatic carbocycles. The quantitative estimate of drug-likeness (QED) is 0.442. The van der Waals surface area contributed by atoms with Gasteiger partial charge in [0.1, 0.15) is 6.04 Å². The van der Waals surface area contributed by atoms with Gasteiger partial charge in [-0.1, -0.05) is 0 Å². The first-order valence-electron chi connectivity index (χ1n) is 5.21. The maximum absolute atomic E-state index is 11.6. The number of rotatable bonds is 4. The summed E-state index contributed by atoms with van der Waals surface area (Å²) < 4.78 is 0. The molecular weight excluding hydrogens is 214 g/mol. The number of hydrogen-bond acceptors (Lipinski definition) is 4. The monoisotopic (exact) mass is 231 g/mol. The number of urea groups is 1. The molecule has 0 aromatic carbocycles. The molecule has 5 N–H and O–H groups in total. The van der Waals surface area contributed by atoms with Crippen molar-refractivity contribution >= 4 is 12.0 Å². The highest BCUT2D eigenvalue weighted by molar-refractivity contribution is 5.83. The van der Waals surface area contributed by atoms with Crippen LogP contribution in [0.4, 0.5) is 4.79 Å². The molecule has 7 nitrogen and oxygen atoms in total. The lowest BCUT2D eigenvalue weighted by molar-refractivity contribution is -0.141. The van der Waals surface area contributed by atoms with E-state index in [2.05, 4.69) is 5.32 Å². The summed E-state index contributed by atoms with van der Waals surface area (Å²) >= 11 is 0. The third kappa shape index (κ3) is 3.07. The number of amides is 2. The van der Waals surface area contributed by atoms with Crippen molar-refractivity contribution in [3.8, 4) is 0 Å². The average Bonchev–Trinajstić information content (AvgIpc) is 2.61. The van der Waals surface area contributed by atoms with Crippen molar-refractivity contribution < 1.29 is 19.8 Å². The predicted octanol–water partition coefficient (Wildman–Crippen LogP) is -1.44. The van der Waals surface area contributed by atoms with E-state index in [1.807, 2.05) is 0 Å². The van der Waals surface area contributed by atoms with Crippen LogP contribution in [-0.4, -0.2) is 58.9 Å². The molecule has 1 aliphatic heterocycles. The lowest BCUT2D eigenvalue weighted by Gasteiger charge is -2.21. The summed E-state index contributed by atoms with van der Waals surface area (Å²) in [5.41, 5.74) is 5.27. The van der Waals surface area contributed by atoms with Crippen LogP contribution in [0.5, 0.6) is 0 Å². The van der Waals surface area contributed by atoms with E-state index in [0.29, 0.717) is 19.5 Å². The molecule has 7 heteroatoms. The van der Waals surface area contributed by atoms with Gasteiger partial charge in [-0.15, -0.1) is 0 Å². The Hall–Kier alpha value is -1.34. The van der Waals surface area contributed by atoms with Crippen LogP contribution in [0.25, 0.3) is 0 Å². The standard InChI is InChI=1S/C9H17N3O4/c10-2-1-3-11-9(16)12-5-6(13)4-7(12)8(14)15/h6-7,13H,1-5,10H2,(H,11,16)(H,14,15)/t6-,7-/m0/s1. The lowest BCUT2D eigenvalue weighted by atomic mass is 10.2. The molecular formula is C9H17N3O4. The summed E-state index contributed by atoms with van der Waals surface area (Å²) in [5.74, 6) is -1.09. The van der Waals surface area contributed by atoms with E-state index in [1.165, 1.54) is 0 Å². The minimum Gasteiger partial charge on any atom is -0.480 e. The van der Waals surface area contributed by atoms with Gasteiger partial charge < -0.3 is 26.2 Å². The number of aliphatic hydroxyl groups is 1. The molecule has 1 aliphatic rings. The number of carbonyl (C=O) groups is 2. The first-order valence-corrected chi connectivity index (χ1v) is 5.21. The molecule has 16 heavy (non-hydrogen) atoms. The predicted molar refractivity (Wildman–Crippen MR) is 55.8 cm³/mol. The van der Waals surface area contributed by atoms with E-state index in [4.69, 9.17) is 10.8 Å². The van der Waals surface area contributed by atoms with Crippen molar-refractivity contribution in [3.63, 3.8) is 0 Å². The van der Waals surface area contributed by atoms with Crippen molar-refractivity contribution in [1.29, 1.82) is 0 Å². The minimum atomic E-state index is -1.09. The molecule has 0 bridgehead atoms. The summed E-state index contributed by atoms with van der Waals surface area (Å²) in [6, 6.07) is -1.40. The highest BCUT2D eigenvalue weighted by Crippen LogP contribution is 2.17. The second-order valence-corrected chi connectivity index (χ2v) is 3.77. The zero-order valence-electron chi connectivity index (χ0n) is 8.93. The average molecular weight is 231 g/mol. The molecule has 0 unspecified atom stereocenters. The van der Waals surface area contributed by atoms with Crippen LogP contribution < -0.4 is 11.1 Å². The number of aliphatic hydroxyl groups excluding tert-OH is 1. The topological polar surface area (TPSA) is 116 Å². The van der Waals surface area contributed by atoms with E-state index in [0.717, 1.165) is 4.90 Å². The second-order valence-electron chi connectivity index (χ2n) is 3.77. The SMILES string of the molecule is NCCCNC(=O)N1C[C@@H](O)C[C@H]1C(=O)O. The van der Waals surface area contributed by atoms with Gasteiger partial charge in [0.25, 0.3) is 0 Å². The van der Waals surface area contributed by atoms with Gasteiger partial charge >= 0.3 is 12.0 Å². The van der Waals surface area contributed by atoms with Gasteiger partial charge in [0.15, 0.2) is 0 Å². The van der Waals surface area contributed by atoms with Gasteiger partial charge in [0, 0.05) is 19.5 Å². The molecule has 0 spiro atoms. The number of hydrogen-bond donors (Lipinski definition) is 4. The minimum absolute atomic E-state index is 0.0609. The Morgan fingerprint density at radius 3 is 2.75 bits per heavy atom. The first-order chi connectivity index (χ1) is 7.56. The summed E-state index contributed by atoms with van der Waals surface area (Å²) in [4.78, 5) is 23.6. The fraction of sp³-hybridized carbons (Fsp3) is 0.778. The first kappa shape index (κ1) is 12.7. The molecule has 0 aromatic heterocycles. The van der Waals surface area contributed by atoms with Crippen molar-refractivity contribution in [2.45, 2.75) is 25.0 Å². The summed E-state index contributed by atoms with van der Waals surface area (Å²) in [6.07, 6.45) is -0.0409. The van der Waals surface area contributed by atoms with Gasteiger partial charge in [-0.2, -0.15) is 0 Å². The summed E-state index contributed by atoms with van der Waals surface area (Å²) in [5, 5.41) is 20.8. The number of nitrogens with two attached hydrogens (primary N) is 1. The van der Waals surface area contributed by atoms with Gasteiger partial charge in [-0.05, 0) is 13.0 Å². The molecule has 0 aromatic rings. The smallest absolute Gasteiger partial charge is 0.326 e. The van der Waals surface area contributed by atoms with Gasteiger partial charge in [0.2, 0.25) is 0 Å². The fourth-order valence-electron chi connectivity index (χ4n) is 1.67. The number of nitrogens with one attached hydrogen (secondary N) is 1. The maximum Gasteiger partial charge on any atom is 0.326 e. The van der Waals surface area contributed by atoms with Crippen LogP contribution in [0.15, 0.2) is 0 Å². The number of β-amino-alcohol motifs (C(OH)–C–C–N with tert-alkyl or cyclic N) is 1. The van der Waals surface area contributed by atoms with Crippen LogP contribution in [0.1, 0.15) is 12.8 Å². The third-order valence-corrected chi connectivity index (χ3v) is 2.48. The number of nitrogens with zero attached hydrogens (tertiary/aromatic N) is 1. The molecule has 1 saturated heterocycles. The van der Waals surface area contributed by atoms with Crippen LogP contribution in [0, 0.1) is 0 Å². The normalized spacial score (nSPS) is 24.5. The largest absolute Gasteiger partial charge is 0.480 e. The Bertz CT molecular complexity index is 271. The zero-order chi connectivity index (χ0) is 12.1. The summed E-state index contributed by atoms with van der Waals surface area (Å²) in [7, 11) is 0. The van der Waals surface area contributed by atoms with E-state index >= 15 is 0 Å². The Kier molecular flexibility index (Phi) is 4.51. The number of carbonyl (C=O) groups excluding carboxylic acids is 1. The zero-order valence-corrected chi connectivity index (χ0v) is 8.93. The number of carboxylic acid groups (broad SMARTS) is 1. The van der Waals surface area contributed by atoms with Gasteiger partial charge in [-0.3, -0.25) is 0 Å². The third-order valence-electron chi connectivity index (χ3n) is 2.48. The van der Waals surface area contributed by atoms with Crippen LogP contribution >= 0.6 is 0 Å². The lowest BCUT2D eigenvalue weighted by Crippen LogP contribution is -2.46. The molecule has 1 heterocycles. The maximum atomic E-state index is 11.6.